The number of hydrogen-bond donors (Lipinski definition) is 0. The normalized spacial score (nSPS) is 18.7. The molecule has 0 spiro atoms. The summed E-state index contributed by atoms with van der Waals surface area (Å²) < 4.78 is 12.5. The minimum absolute atomic E-state index is 0.0508. The molecule has 1 fully saturated rings. The summed E-state index contributed by atoms with van der Waals surface area (Å²) in [6.07, 6.45) is 1.11. The summed E-state index contributed by atoms with van der Waals surface area (Å²) in [7, 11) is -2.37. The van der Waals surface area contributed by atoms with Gasteiger partial charge in [0.2, 0.25) is 0 Å². The molecule has 1 aliphatic heterocycles. The predicted octanol–water partition coefficient (Wildman–Crippen LogP) is 3.60. The van der Waals surface area contributed by atoms with Gasteiger partial charge in [0, 0.05) is 19.1 Å². The van der Waals surface area contributed by atoms with Crippen LogP contribution in [0.2, 0.25) is 5.04 Å². The van der Waals surface area contributed by atoms with Crippen molar-refractivity contribution in [2.24, 2.45) is 5.92 Å². The number of hydrogen-bond acceptors (Lipinski definition) is 2. The summed E-state index contributed by atoms with van der Waals surface area (Å²) in [6.45, 7) is 9.46. The molecule has 0 N–H and O–H groups in total. The van der Waals surface area contributed by atoms with Gasteiger partial charge in [0.25, 0.3) is 8.32 Å². The fourth-order valence-electron chi connectivity index (χ4n) is 3.72. The van der Waals surface area contributed by atoms with E-state index in [0.717, 1.165) is 26.2 Å². The zero-order valence-corrected chi connectivity index (χ0v) is 16.0. The summed E-state index contributed by atoms with van der Waals surface area (Å²) in [5, 5.41) is 2.75. The second-order valence-electron chi connectivity index (χ2n) is 7.70. The fraction of sp³-hybridized carbons (Fsp3) is 0.429. The molecule has 0 bridgehead atoms. The zero-order valence-electron chi connectivity index (χ0n) is 15.0. The van der Waals surface area contributed by atoms with Crippen LogP contribution in [0, 0.1) is 5.92 Å². The number of benzene rings is 2. The lowest BCUT2D eigenvalue weighted by molar-refractivity contribution is 0.164. The maximum absolute atomic E-state index is 6.91. The lowest BCUT2D eigenvalue weighted by Crippen LogP contribution is -2.66. The average Bonchev–Trinajstić information content (AvgIpc) is 3.10. The topological polar surface area (TPSA) is 18.5 Å². The van der Waals surface area contributed by atoms with Crippen molar-refractivity contribution in [3.8, 4) is 0 Å². The van der Waals surface area contributed by atoms with E-state index in [1.807, 2.05) is 0 Å². The molecular weight excluding hydrogens is 312 g/mol. The molecule has 3 heteroatoms. The summed E-state index contributed by atoms with van der Waals surface area (Å²) in [5.74, 6) is 0.520. The minimum atomic E-state index is -2.37. The van der Waals surface area contributed by atoms with Gasteiger partial charge in [-0.2, -0.15) is 0 Å². The van der Waals surface area contributed by atoms with Crippen LogP contribution in [0.4, 0.5) is 0 Å². The van der Waals surface area contributed by atoms with Gasteiger partial charge in [0.05, 0.1) is 6.61 Å². The first kappa shape index (κ1) is 17.4. The van der Waals surface area contributed by atoms with Gasteiger partial charge in [-0.05, 0) is 21.8 Å². The van der Waals surface area contributed by atoms with Crippen molar-refractivity contribution in [2.75, 3.05) is 19.8 Å². The van der Waals surface area contributed by atoms with E-state index in [1.54, 1.807) is 0 Å². The molecule has 0 radical (unpaired) electrons. The van der Waals surface area contributed by atoms with Crippen LogP contribution >= 0.6 is 0 Å². The molecule has 128 valence electrons. The molecule has 24 heavy (non-hydrogen) atoms. The van der Waals surface area contributed by atoms with E-state index in [1.165, 1.54) is 10.4 Å². The van der Waals surface area contributed by atoms with E-state index in [0.29, 0.717) is 5.92 Å². The summed E-state index contributed by atoms with van der Waals surface area (Å²) in [6, 6.07) is 21.7. The molecule has 1 saturated heterocycles. The molecule has 0 amide bonds. The molecule has 0 unspecified atom stereocenters. The highest BCUT2D eigenvalue weighted by molar-refractivity contribution is 6.99. The van der Waals surface area contributed by atoms with Crippen molar-refractivity contribution < 1.29 is 9.16 Å². The molecule has 2 nitrogen and oxygen atoms in total. The first-order valence-corrected chi connectivity index (χ1v) is 10.8. The molecule has 0 aliphatic carbocycles. The maximum Gasteiger partial charge on any atom is 0.261 e. The SMILES string of the molecule is CC(C)(C)[Si](OC[C@H]1CCOC1)(c1ccccc1)c1ccccc1. The molecule has 0 saturated carbocycles. The molecule has 1 atom stereocenters. The van der Waals surface area contributed by atoms with E-state index in [2.05, 4.69) is 81.4 Å². The van der Waals surface area contributed by atoms with Gasteiger partial charge in [-0.15, -0.1) is 0 Å². The van der Waals surface area contributed by atoms with Crippen LogP contribution in [0.15, 0.2) is 60.7 Å². The Bertz CT molecular complexity index is 588. The van der Waals surface area contributed by atoms with Crippen molar-refractivity contribution >= 4 is 18.7 Å². The minimum Gasteiger partial charge on any atom is -0.407 e. The van der Waals surface area contributed by atoms with Crippen LogP contribution in [-0.4, -0.2) is 28.1 Å². The summed E-state index contributed by atoms with van der Waals surface area (Å²) in [5.41, 5.74) is 0. The van der Waals surface area contributed by atoms with E-state index in [9.17, 15) is 0 Å². The largest absolute Gasteiger partial charge is 0.407 e. The Morgan fingerprint density at radius 2 is 1.50 bits per heavy atom. The summed E-state index contributed by atoms with van der Waals surface area (Å²) >= 11 is 0. The first-order chi connectivity index (χ1) is 11.5. The van der Waals surface area contributed by atoms with Gasteiger partial charge < -0.3 is 9.16 Å². The van der Waals surface area contributed by atoms with E-state index < -0.39 is 8.32 Å². The molecule has 1 heterocycles. The van der Waals surface area contributed by atoms with Crippen molar-refractivity contribution in [3.63, 3.8) is 0 Å². The van der Waals surface area contributed by atoms with Gasteiger partial charge >= 0.3 is 0 Å². The highest BCUT2D eigenvalue weighted by Gasteiger charge is 2.50. The Balaban J connectivity index is 2.06. The third-order valence-corrected chi connectivity index (χ3v) is 9.98. The second kappa shape index (κ2) is 7.22. The van der Waals surface area contributed by atoms with Crippen LogP contribution in [0.1, 0.15) is 27.2 Å². The monoisotopic (exact) mass is 340 g/mol. The average molecular weight is 341 g/mol. The van der Waals surface area contributed by atoms with E-state index in [4.69, 9.17) is 9.16 Å². The lowest BCUT2D eigenvalue weighted by atomic mass is 10.1. The van der Waals surface area contributed by atoms with Crippen molar-refractivity contribution in [2.45, 2.75) is 32.2 Å². The molecular formula is C21H28O2Si. The van der Waals surface area contributed by atoms with E-state index >= 15 is 0 Å². The van der Waals surface area contributed by atoms with Crippen molar-refractivity contribution in [3.05, 3.63) is 60.7 Å². The quantitative estimate of drug-likeness (QED) is 0.774. The molecule has 3 rings (SSSR count). The van der Waals surface area contributed by atoms with Crippen LogP contribution in [0.25, 0.3) is 0 Å². The number of ether oxygens (including phenoxy) is 1. The third kappa shape index (κ3) is 3.34. The zero-order chi connectivity index (χ0) is 17.0. The Morgan fingerprint density at radius 1 is 0.958 bits per heavy atom. The fourth-order valence-corrected chi connectivity index (χ4v) is 8.36. The molecule has 1 aliphatic rings. The molecule has 2 aromatic rings. The first-order valence-electron chi connectivity index (χ1n) is 8.87. The Morgan fingerprint density at radius 3 is 1.92 bits per heavy atom. The van der Waals surface area contributed by atoms with E-state index in [-0.39, 0.29) is 5.04 Å². The van der Waals surface area contributed by atoms with Crippen LogP contribution < -0.4 is 10.4 Å². The van der Waals surface area contributed by atoms with Gasteiger partial charge in [-0.1, -0.05) is 81.4 Å². The smallest absolute Gasteiger partial charge is 0.261 e. The predicted molar refractivity (Wildman–Crippen MR) is 102 cm³/mol. The Hall–Kier alpha value is -1.42. The third-order valence-electron chi connectivity index (χ3n) is 4.98. The molecule has 2 aromatic carbocycles. The van der Waals surface area contributed by atoms with Crippen LogP contribution in [0.5, 0.6) is 0 Å². The van der Waals surface area contributed by atoms with Crippen molar-refractivity contribution in [1.29, 1.82) is 0 Å². The summed E-state index contributed by atoms with van der Waals surface area (Å²) in [4.78, 5) is 0. The van der Waals surface area contributed by atoms with Gasteiger partial charge in [-0.25, -0.2) is 0 Å². The van der Waals surface area contributed by atoms with Crippen LogP contribution in [-0.2, 0) is 9.16 Å². The standard InChI is InChI=1S/C21H28O2Si/c1-21(2,3)24(19-10-6-4-7-11-19,20-12-8-5-9-13-20)23-17-18-14-15-22-16-18/h4-13,18H,14-17H2,1-3H3/t18-/m0/s1. The number of rotatable bonds is 5. The highest BCUT2D eigenvalue weighted by atomic mass is 28.4. The Kier molecular flexibility index (Phi) is 5.23. The molecule has 0 aromatic heterocycles. The highest BCUT2D eigenvalue weighted by Crippen LogP contribution is 2.37. The van der Waals surface area contributed by atoms with Gasteiger partial charge in [0.1, 0.15) is 0 Å². The van der Waals surface area contributed by atoms with Crippen LogP contribution in [0.3, 0.4) is 0 Å². The van der Waals surface area contributed by atoms with Gasteiger partial charge in [-0.3, -0.25) is 0 Å². The van der Waals surface area contributed by atoms with Crippen molar-refractivity contribution in [1.82, 2.24) is 0 Å². The Labute approximate surface area is 146 Å². The van der Waals surface area contributed by atoms with Gasteiger partial charge in [0.15, 0.2) is 0 Å². The maximum atomic E-state index is 6.91. The second-order valence-corrected chi connectivity index (χ2v) is 12.0. The lowest BCUT2D eigenvalue weighted by Gasteiger charge is -2.43.